The van der Waals surface area contributed by atoms with Crippen LogP contribution in [0, 0.1) is 11.3 Å². The largest absolute Gasteiger partial charge is 0.381 e. The summed E-state index contributed by atoms with van der Waals surface area (Å²) < 4.78 is 5.55. The summed E-state index contributed by atoms with van der Waals surface area (Å²) in [5.41, 5.74) is 3.00. The first-order chi connectivity index (χ1) is 15.6. The zero-order valence-electron chi connectivity index (χ0n) is 17.6. The molecule has 8 heteroatoms. The van der Waals surface area contributed by atoms with Crippen LogP contribution >= 0.6 is 11.6 Å². The summed E-state index contributed by atoms with van der Waals surface area (Å²) in [5.74, 6) is 0.446. The maximum atomic E-state index is 13.5. The van der Waals surface area contributed by atoms with Crippen LogP contribution in [0.25, 0.3) is 11.1 Å². The fraction of sp³-hybridized carbons (Fsp3) is 0.250. The lowest BCUT2D eigenvalue weighted by molar-refractivity contribution is -0.125. The molecule has 3 aromatic rings. The fourth-order valence-corrected chi connectivity index (χ4v) is 4.11. The Bertz CT molecular complexity index is 1150. The maximum absolute atomic E-state index is 13.5. The number of ether oxygens (including phenoxy) is 1. The number of carbonyl (C=O) groups excluding carboxylic acids is 1. The zero-order valence-corrected chi connectivity index (χ0v) is 18.3. The van der Waals surface area contributed by atoms with Crippen LogP contribution in [0.15, 0.2) is 54.9 Å². The second kappa shape index (κ2) is 9.35. The monoisotopic (exact) mass is 447 g/mol. The van der Waals surface area contributed by atoms with Crippen LogP contribution in [0.2, 0.25) is 5.02 Å². The lowest BCUT2D eigenvalue weighted by Gasteiger charge is -2.36. The van der Waals surface area contributed by atoms with Crippen LogP contribution in [0.1, 0.15) is 24.0 Å². The first kappa shape index (κ1) is 21.8. The van der Waals surface area contributed by atoms with Gasteiger partial charge in [-0.1, -0.05) is 35.9 Å². The number of hydrogen-bond donors (Lipinski definition) is 2. The molecule has 0 spiro atoms. The Morgan fingerprint density at radius 1 is 1.09 bits per heavy atom. The summed E-state index contributed by atoms with van der Waals surface area (Å²) >= 11 is 6.14. The molecule has 162 valence electrons. The van der Waals surface area contributed by atoms with E-state index in [9.17, 15) is 4.79 Å². The predicted octanol–water partition coefficient (Wildman–Crippen LogP) is 4.40. The Morgan fingerprint density at radius 3 is 2.38 bits per heavy atom. The topological polar surface area (TPSA) is 99.9 Å². The average molecular weight is 448 g/mol. The molecule has 0 radical (unpaired) electrons. The Hall–Kier alpha value is -3.47. The van der Waals surface area contributed by atoms with Crippen molar-refractivity contribution in [3.8, 4) is 17.2 Å². The number of anilines is 2. The molecular weight excluding hydrogens is 426 g/mol. The summed E-state index contributed by atoms with van der Waals surface area (Å²) in [6.45, 7) is 1.01. The van der Waals surface area contributed by atoms with Crippen molar-refractivity contribution in [2.45, 2.75) is 18.3 Å². The van der Waals surface area contributed by atoms with Crippen LogP contribution in [0.3, 0.4) is 0 Å². The molecule has 2 N–H and O–H groups in total. The van der Waals surface area contributed by atoms with Gasteiger partial charge in [0.05, 0.1) is 16.0 Å². The van der Waals surface area contributed by atoms with Crippen molar-refractivity contribution in [1.82, 2.24) is 9.97 Å². The molecule has 1 saturated heterocycles. The van der Waals surface area contributed by atoms with Crippen LogP contribution in [0.4, 0.5) is 11.6 Å². The van der Waals surface area contributed by atoms with Gasteiger partial charge in [0, 0.05) is 43.9 Å². The van der Waals surface area contributed by atoms with E-state index in [0.29, 0.717) is 48.3 Å². The molecule has 0 aliphatic carbocycles. The molecule has 2 heterocycles. The minimum Gasteiger partial charge on any atom is -0.381 e. The maximum Gasteiger partial charge on any atom is 0.235 e. The number of nitrogens with zero attached hydrogens (tertiary/aromatic N) is 3. The number of nitrogens with one attached hydrogen (secondary N) is 2. The van der Waals surface area contributed by atoms with Gasteiger partial charge in [0.2, 0.25) is 11.9 Å². The third-order valence-electron chi connectivity index (χ3n) is 5.77. The lowest BCUT2D eigenvalue weighted by Crippen LogP contribution is -2.44. The number of halogens is 1. The number of benzene rings is 2. The highest BCUT2D eigenvalue weighted by atomic mass is 35.5. The van der Waals surface area contributed by atoms with Crippen molar-refractivity contribution in [3.05, 3.63) is 71.0 Å². The van der Waals surface area contributed by atoms with E-state index in [4.69, 9.17) is 21.6 Å². The van der Waals surface area contributed by atoms with E-state index in [1.807, 2.05) is 30.3 Å². The van der Waals surface area contributed by atoms with Crippen LogP contribution < -0.4 is 10.6 Å². The molecule has 1 fully saturated rings. The van der Waals surface area contributed by atoms with E-state index in [1.165, 1.54) is 0 Å². The molecule has 7 nitrogen and oxygen atoms in total. The highest BCUT2D eigenvalue weighted by Crippen LogP contribution is 2.37. The summed E-state index contributed by atoms with van der Waals surface area (Å²) in [6.07, 6.45) is 4.67. The molecule has 2 aromatic carbocycles. The molecule has 1 aliphatic heterocycles. The highest BCUT2D eigenvalue weighted by Gasteiger charge is 2.41. The van der Waals surface area contributed by atoms with E-state index in [2.05, 4.69) is 20.6 Å². The second-order valence-corrected chi connectivity index (χ2v) is 7.98. The number of nitriles is 1. The smallest absolute Gasteiger partial charge is 0.235 e. The standard InChI is InChI=1S/C24H22ClN5O2/c1-27-23-28-14-18(15-29-23)16-2-5-19(6-3-16)24(8-10-32-11-9-24)22(31)30-20-7-4-17(13-26)21(25)12-20/h2-7,12,14-15H,8-11H2,1H3,(H,30,31)(H,27,28,29). The minimum atomic E-state index is -0.719. The van der Waals surface area contributed by atoms with Gasteiger partial charge in [0.15, 0.2) is 0 Å². The summed E-state index contributed by atoms with van der Waals surface area (Å²) in [5, 5.41) is 15.3. The van der Waals surface area contributed by atoms with Crippen LogP contribution in [0.5, 0.6) is 0 Å². The van der Waals surface area contributed by atoms with Crippen molar-refractivity contribution in [2.75, 3.05) is 30.9 Å². The number of carbonyl (C=O) groups is 1. The van der Waals surface area contributed by atoms with E-state index in [-0.39, 0.29) is 5.91 Å². The van der Waals surface area contributed by atoms with Crippen molar-refractivity contribution in [2.24, 2.45) is 0 Å². The molecule has 4 rings (SSSR count). The van der Waals surface area contributed by atoms with E-state index in [0.717, 1.165) is 16.7 Å². The Balaban J connectivity index is 1.61. The number of amides is 1. The van der Waals surface area contributed by atoms with Gasteiger partial charge >= 0.3 is 0 Å². The molecule has 1 aromatic heterocycles. The van der Waals surface area contributed by atoms with Crippen LogP contribution in [-0.4, -0.2) is 36.1 Å². The molecule has 0 saturated carbocycles. The number of aromatic nitrogens is 2. The SMILES string of the molecule is CNc1ncc(-c2ccc(C3(C(=O)Nc4ccc(C#N)c(Cl)c4)CCOCC3)cc2)cn1. The molecule has 0 unspecified atom stereocenters. The van der Waals surface area contributed by atoms with Crippen molar-refractivity contribution >= 4 is 29.1 Å². The van der Waals surface area contributed by atoms with Gasteiger partial charge in [-0.05, 0) is 42.2 Å². The van der Waals surface area contributed by atoms with Gasteiger partial charge in [0.1, 0.15) is 6.07 Å². The molecule has 0 atom stereocenters. The first-order valence-corrected chi connectivity index (χ1v) is 10.6. The molecule has 1 amide bonds. The minimum absolute atomic E-state index is 0.115. The zero-order chi connectivity index (χ0) is 22.6. The molecule has 0 bridgehead atoms. The van der Waals surface area contributed by atoms with Gasteiger partial charge in [-0.2, -0.15) is 5.26 Å². The first-order valence-electron chi connectivity index (χ1n) is 10.3. The average Bonchev–Trinajstić information content (AvgIpc) is 2.85. The van der Waals surface area contributed by atoms with Crippen molar-refractivity contribution < 1.29 is 9.53 Å². The highest BCUT2D eigenvalue weighted by molar-refractivity contribution is 6.32. The van der Waals surface area contributed by atoms with Crippen molar-refractivity contribution in [3.63, 3.8) is 0 Å². The lowest BCUT2D eigenvalue weighted by atomic mass is 9.73. The quantitative estimate of drug-likeness (QED) is 0.601. The van der Waals surface area contributed by atoms with Crippen LogP contribution in [-0.2, 0) is 14.9 Å². The van der Waals surface area contributed by atoms with Gasteiger partial charge in [-0.25, -0.2) is 9.97 Å². The van der Waals surface area contributed by atoms with E-state index >= 15 is 0 Å². The Morgan fingerprint density at radius 2 is 1.78 bits per heavy atom. The van der Waals surface area contributed by atoms with Gasteiger partial charge in [-0.3, -0.25) is 4.79 Å². The van der Waals surface area contributed by atoms with Gasteiger partial charge < -0.3 is 15.4 Å². The third-order valence-corrected chi connectivity index (χ3v) is 6.09. The van der Waals surface area contributed by atoms with Crippen molar-refractivity contribution in [1.29, 1.82) is 5.26 Å². The molecular formula is C24H22ClN5O2. The fourth-order valence-electron chi connectivity index (χ4n) is 3.89. The molecule has 32 heavy (non-hydrogen) atoms. The normalized spacial score (nSPS) is 14.9. The van der Waals surface area contributed by atoms with Gasteiger partial charge in [-0.15, -0.1) is 0 Å². The third kappa shape index (κ3) is 4.28. The van der Waals surface area contributed by atoms with E-state index in [1.54, 1.807) is 37.6 Å². The Labute approximate surface area is 191 Å². The summed E-state index contributed by atoms with van der Waals surface area (Å²) in [7, 11) is 1.77. The van der Waals surface area contributed by atoms with Gasteiger partial charge in [0.25, 0.3) is 0 Å². The second-order valence-electron chi connectivity index (χ2n) is 7.58. The summed E-state index contributed by atoms with van der Waals surface area (Å²) in [4.78, 5) is 22.0. The predicted molar refractivity (Wildman–Crippen MR) is 124 cm³/mol. The number of hydrogen-bond acceptors (Lipinski definition) is 6. The molecule has 1 aliphatic rings. The Kier molecular flexibility index (Phi) is 6.35. The van der Waals surface area contributed by atoms with E-state index < -0.39 is 5.41 Å². The number of rotatable bonds is 5. The summed E-state index contributed by atoms with van der Waals surface area (Å²) in [6, 6.07) is 14.8.